The van der Waals surface area contributed by atoms with Crippen molar-refractivity contribution in [1.82, 2.24) is 14.4 Å². The molecule has 0 saturated carbocycles. The molecule has 1 aliphatic rings. The molecule has 1 saturated heterocycles. The number of aryl methyl sites for hydroxylation is 3. The standard InChI is InChI=1S/C18H23N3O4S/c1-13-7-4-5-8-16(13)18(22)20-9-6-10-21(12-11-20)26(23,24)17-14(2)19-25-15(17)3/h4-5,7-8H,6,9-12H2,1-3H3. The van der Waals surface area contributed by atoms with Crippen LogP contribution in [0, 0.1) is 20.8 Å². The SMILES string of the molecule is Cc1ccccc1C(=O)N1CCCN(S(=O)(=O)c2c(C)noc2C)CC1. The summed E-state index contributed by atoms with van der Waals surface area (Å²) in [5, 5.41) is 3.75. The lowest BCUT2D eigenvalue weighted by Crippen LogP contribution is -2.37. The summed E-state index contributed by atoms with van der Waals surface area (Å²) in [6.07, 6.45) is 0.584. The molecule has 0 aliphatic carbocycles. The van der Waals surface area contributed by atoms with Crippen molar-refractivity contribution < 1.29 is 17.7 Å². The predicted molar refractivity (Wildman–Crippen MR) is 96.4 cm³/mol. The second kappa shape index (κ2) is 7.20. The van der Waals surface area contributed by atoms with Gasteiger partial charge in [-0.15, -0.1) is 0 Å². The Bertz CT molecular complexity index is 901. The van der Waals surface area contributed by atoms with Gasteiger partial charge in [0, 0.05) is 31.7 Å². The number of rotatable bonds is 3. The number of carbonyl (C=O) groups excluding carboxylic acids is 1. The van der Waals surface area contributed by atoms with E-state index in [4.69, 9.17) is 4.52 Å². The minimum absolute atomic E-state index is 0.0558. The van der Waals surface area contributed by atoms with Crippen molar-refractivity contribution in [3.8, 4) is 0 Å². The first-order valence-corrected chi connectivity index (χ1v) is 10.0. The molecule has 1 amide bonds. The Morgan fingerprint density at radius 2 is 1.81 bits per heavy atom. The first-order chi connectivity index (χ1) is 12.3. The second-order valence-corrected chi connectivity index (χ2v) is 8.39. The molecule has 2 aromatic rings. The van der Waals surface area contributed by atoms with E-state index in [0.717, 1.165) is 5.56 Å². The summed E-state index contributed by atoms with van der Waals surface area (Å²) in [5.74, 6) is 0.235. The highest BCUT2D eigenvalue weighted by atomic mass is 32.2. The van der Waals surface area contributed by atoms with Crippen molar-refractivity contribution in [2.75, 3.05) is 26.2 Å². The molecule has 1 aliphatic heterocycles. The van der Waals surface area contributed by atoms with Crippen molar-refractivity contribution >= 4 is 15.9 Å². The zero-order chi connectivity index (χ0) is 18.9. The van der Waals surface area contributed by atoms with Gasteiger partial charge in [0.2, 0.25) is 10.0 Å². The van der Waals surface area contributed by atoms with Gasteiger partial charge in [-0.25, -0.2) is 8.42 Å². The molecular formula is C18H23N3O4S. The molecule has 0 N–H and O–H groups in total. The molecule has 8 heteroatoms. The normalized spacial score (nSPS) is 16.5. The molecule has 1 fully saturated rings. The van der Waals surface area contributed by atoms with Crippen LogP contribution in [0.4, 0.5) is 0 Å². The van der Waals surface area contributed by atoms with E-state index in [1.165, 1.54) is 4.31 Å². The Hall–Kier alpha value is -2.19. The molecule has 0 bridgehead atoms. The van der Waals surface area contributed by atoms with Crippen LogP contribution in [0.3, 0.4) is 0 Å². The lowest BCUT2D eigenvalue weighted by molar-refractivity contribution is 0.0763. The van der Waals surface area contributed by atoms with Crippen LogP contribution in [0.1, 0.15) is 33.8 Å². The quantitative estimate of drug-likeness (QED) is 0.818. The summed E-state index contributed by atoms with van der Waals surface area (Å²) in [6, 6.07) is 7.44. The maximum absolute atomic E-state index is 13.0. The third-order valence-corrected chi connectivity index (χ3v) is 6.83. The smallest absolute Gasteiger partial charge is 0.254 e. The Balaban J connectivity index is 1.79. The number of hydrogen-bond acceptors (Lipinski definition) is 5. The minimum atomic E-state index is -3.69. The van der Waals surface area contributed by atoms with Gasteiger partial charge in [-0.2, -0.15) is 4.31 Å². The maximum Gasteiger partial charge on any atom is 0.254 e. The van der Waals surface area contributed by atoms with Gasteiger partial charge in [0.25, 0.3) is 5.91 Å². The Morgan fingerprint density at radius 3 is 2.46 bits per heavy atom. The number of nitrogens with zero attached hydrogens (tertiary/aromatic N) is 3. The van der Waals surface area contributed by atoms with Crippen molar-refractivity contribution in [3.63, 3.8) is 0 Å². The van der Waals surface area contributed by atoms with Crippen LogP contribution < -0.4 is 0 Å². The molecule has 140 valence electrons. The largest absolute Gasteiger partial charge is 0.360 e. The topological polar surface area (TPSA) is 83.7 Å². The summed E-state index contributed by atoms with van der Waals surface area (Å²) >= 11 is 0. The van der Waals surface area contributed by atoms with E-state index in [1.807, 2.05) is 25.1 Å². The van der Waals surface area contributed by atoms with E-state index in [-0.39, 0.29) is 17.3 Å². The van der Waals surface area contributed by atoms with Crippen molar-refractivity contribution in [3.05, 3.63) is 46.8 Å². The number of benzene rings is 1. The van der Waals surface area contributed by atoms with E-state index in [1.54, 1.807) is 24.8 Å². The maximum atomic E-state index is 13.0. The van der Waals surface area contributed by atoms with Crippen LogP contribution in [-0.2, 0) is 10.0 Å². The number of sulfonamides is 1. The van der Waals surface area contributed by atoms with Gasteiger partial charge in [-0.05, 0) is 38.8 Å². The zero-order valence-electron chi connectivity index (χ0n) is 15.2. The highest BCUT2D eigenvalue weighted by molar-refractivity contribution is 7.89. The van der Waals surface area contributed by atoms with Gasteiger partial charge in [-0.3, -0.25) is 4.79 Å². The van der Waals surface area contributed by atoms with E-state index in [9.17, 15) is 13.2 Å². The molecule has 0 unspecified atom stereocenters. The molecule has 2 heterocycles. The van der Waals surface area contributed by atoms with Gasteiger partial charge in [0.15, 0.2) is 5.76 Å². The Kier molecular flexibility index (Phi) is 5.15. The third-order valence-electron chi connectivity index (χ3n) is 4.68. The summed E-state index contributed by atoms with van der Waals surface area (Å²) < 4.78 is 32.4. The second-order valence-electron chi connectivity index (χ2n) is 6.52. The summed E-state index contributed by atoms with van der Waals surface area (Å²) in [5.41, 5.74) is 1.94. The molecule has 26 heavy (non-hydrogen) atoms. The van der Waals surface area contributed by atoms with Gasteiger partial charge in [0.1, 0.15) is 10.6 Å². The van der Waals surface area contributed by atoms with Gasteiger partial charge < -0.3 is 9.42 Å². The highest BCUT2D eigenvalue weighted by Crippen LogP contribution is 2.24. The number of carbonyl (C=O) groups is 1. The van der Waals surface area contributed by atoms with Gasteiger partial charge >= 0.3 is 0 Å². The summed E-state index contributed by atoms with van der Waals surface area (Å²) in [7, 11) is -3.69. The van der Waals surface area contributed by atoms with Crippen LogP contribution in [0.2, 0.25) is 0 Å². The molecule has 7 nitrogen and oxygen atoms in total. The van der Waals surface area contributed by atoms with Gasteiger partial charge in [0.05, 0.1) is 0 Å². The van der Waals surface area contributed by atoms with E-state index in [2.05, 4.69) is 5.16 Å². The fourth-order valence-electron chi connectivity index (χ4n) is 3.29. The molecule has 0 radical (unpaired) electrons. The van der Waals surface area contributed by atoms with Crippen LogP contribution in [0.15, 0.2) is 33.7 Å². The minimum Gasteiger partial charge on any atom is -0.360 e. The lowest BCUT2D eigenvalue weighted by Gasteiger charge is -2.22. The van der Waals surface area contributed by atoms with Crippen LogP contribution >= 0.6 is 0 Å². The summed E-state index contributed by atoms with van der Waals surface area (Å²) in [4.78, 5) is 14.7. The molecule has 3 rings (SSSR count). The van der Waals surface area contributed by atoms with E-state index < -0.39 is 10.0 Å². The first-order valence-electron chi connectivity index (χ1n) is 8.60. The molecule has 1 aromatic heterocycles. The molecule has 1 aromatic carbocycles. The lowest BCUT2D eigenvalue weighted by atomic mass is 10.1. The summed E-state index contributed by atoms with van der Waals surface area (Å²) in [6.45, 7) is 6.62. The van der Waals surface area contributed by atoms with Crippen LogP contribution in [0.5, 0.6) is 0 Å². The van der Waals surface area contributed by atoms with E-state index in [0.29, 0.717) is 43.1 Å². The van der Waals surface area contributed by atoms with Crippen molar-refractivity contribution in [2.24, 2.45) is 0 Å². The Morgan fingerprint density at radius 1 is 1.08 bits per heavy atom. The van der Waals surface area contributed by atoms with E-state index >= 15 is 0 Å². The molecular weight excluding hydrogens is 354 g/mol. The third kappa shape index (κ3) is 3.39. The molecule has 0 atom stereocenters. The average molecular weight is 377 g/mol. The number of hydrogen-bond donors (Lipinski definition) is 0. The van der Waals surface area contributed by atoms with Crippen molar-refractivity contribution in [2.45, 2.75) is 32.1 Å². The Labute approximate surface area is 153 Å². The first kappa shape index (κ1) is 18.6. The predicted octanol–water partition coefficient (Wildman–Crippen LogP) is 2.14. The number of amides is 1. The fraction of sp³-hybridized carbons (Fsp3) is 0.444. The zero-order valence-corrected chi connectivity index (χ0v) is 16.0. The number of aromatic nitrogens is 1. The highest BCUT2D eigenvalue weighted by Gasteiger charge is 2.33. The fourth-order valence-corrected chi connectivity index (χ4v) is 5.05. The molecule has 0 spiro atoms. The van der Waals surface area contributed by atoms with Crippen LogP contribution in [-0.4, -0.2) is 54.9 Å². The van der Waals surface area contributed by atoms with Gasteiger partial charge in [-0.1, -0.05) is 23.4 Å². The average Bonchev–Trinajstić information content (AvgIpc) is 2.81. The van der Waals surface area contributed by atoms with Crippen LogP contribution in [0.25, 0.3) is 0 Å². The van der Waals surface area contributed by atoms with Crippen molar-refractivity contribution in [1.29, 1.82) is 0 Å². The monoisotopic (exact) mass is 377 g/mol.